The maximum atomic E-state index is 11.1. The molecule has 98 valence electrons. The standard InChI is InChI=1S/C13H16O5/c1-16-9-4-5-11(13(14)15)12(7-9)18-10-3-2-6-17-8-10/h4-5,7,10H,2-3,6,8H2,1H3,(H,14,15). The summed E-state index contributed by atoms with van der Waals surface area (Å²) in [5.74, 6) is -0.103. The maximum absolute atomic E-state index is 11.1. The lowest BCUT2D eigenvalue weighted by Crippen LogP contribution is -2.28. The van der Waals surface area contributed by atoms with E-state index in [1.807, 2.05) is 0 Å². The Labute approximate surface area is 105 Å². The zero-order valence-electron chi connectivity index (χ0n) is 10.2. The molecule has 0 bridgehead atoms. The zero-order valence-corrected chi connectivity index (χ0v) is 10.2. The highest BCUT2D eigenvalue weighted by Gasteiger charge is 2.19. The molecule has 18 heavy (non-hydrogen) atoms. The molecular formula is C13H16O5. The predicted molar refractivity (Wildman–Crippen MR) is 64.4 cm³/mol. The van der Waals surface area contributed by atoms with Crippen molar-refractivity contribution in [2.24, 2.45) is 0 Å². The van der Waals surface area contributed by atoms with Gasteiger partial charge in [-0.15, -0.1) is 0 Å². The molecule has 1 aliphatic heterocycles. The van der Waals surface area contributed by atoms with E-state index in [0.717, 1.165) is 19.4 Å². The number of methoxy groups -OCH3 is 1. The minimum atomic E-state index is -1.01. The monoisotopic (exact) mass is 252 g/mol. The quantitative estimate of drug-likeness (QED) is 0.887. The summed E-state index contributed by atoms with van der Waals surface area (Å²) in [6.07, 6.45) is 1.71. The molecule has 0 aliphatic carbocycles. The molecule has 1 fully saturated rings. The molecule has 5 heteroatoms. The third-order valence-electron chi connectivity index (χ3n) is 2.83. The second-order valence-electron chi connectivity index (χ2n) is 4.12. The van der Waals surface area contributed by atoms with Crippen LogP contribution in [0.25, 0.3) is 0 Å². The van der Waals surface area contributed by atoms with E-state index in [0.29, 0.717) is 18.1 Å². The van der Waals surface area contributed by atoms with Crippen molar-refractivity contribution in [3.8, 4) is 11.5 Å². The number of hydrogen-bond acceptors (Lipinski definition) is 4. The fourth-order valence-corrected chi connectivity index (χ4v) is 1.89. The first-order chi connectivity index (χ1) is 8.70. The van der Waals surface area contributed by atoms with E-state index in [2.05, 4.69) is 0 Å². The van der Waals surface area contributed by atoms with Crippen LogP contribution in [0.3, 0.4) is 0 Å². The number of ether oxygens (including phenoxy) is 3. The van der Waals surface area contributed by atoms with Crippen molar-refractivity contribution in [1.29, 1.82) is 0 Å². The molecule has 1 aromatic rings. The highest BCUT2D eigenvalue weighted by atomic mass is 16.5. The van der Waals surface area contributed by atoms with Crippen molar-refractivity contribution < 1.29 is 24.1 Å². The Balaban J connectivity index is 2.19. The van der Waals surface area contributed by atoms with Crippen LogP contribution in [-0.2, 0) is 4.74 Å². The van der Waals surface area contributed by atoms with Crippen molar-refractivity contribution in [3.05, 3.63) is 23.8 Å². The van der Waals surface area contributed by atoms with Gasteiger partial charge >= 0.3 is 5.97 Å². The fourth-order valence-electron chi connectivity index (χ4n) is 1.89. The van der Waals surface area contributed by atoms with Gasteiger partial charge in [0, 0.05) is 12.7 Å². The molecule has 1 heterocycles. The summed E-state index contributed by atoms with van der Waals surface area (Å²) in [5, 5.41) is 9.11. The second-order valence-corrected chi connectivity index (χ2v) is 4.12. The minimum Gasteiger partial charge on any atom is -0.497 e. The first kappa shape index (κ1) is 12.7. The molecule has 0 radical (unpaired) electrons. The number of carboxylic acids is 1. The first-order valence-electron chi connectivity index (χ1n) is 5.86. The van der Waals surface area contributed by atoms with Crippen molar-refractivity contribution >= 4 is 5.97 Å². The molecule has 1 aromatic carbocycles. The highest BCUT2D eigenvalue weighted by molar-refractivity contribution is 5.91. The molecule has 1 N–H and O–H groups in total. The summed E-state index contributed by atoms with van der Waals surface area (Å²) >= 11 is 0. The highest BCUT2D eigenvalue weighted by Crippen LogP contribution is 2.27. The van der Waals surface area contributed by atoms with Crippen LogP contribution in [0, 0.1) is 0 Å². The lowest BCUT2D eigenvalue weighted by molar-refractivity contribution is 0.00671. The van der Waals surface area contributed by atoms with E-state index in [1.54, 1.807) is 12.1 Å². The topological polar surface area (TPSA) is 65.0 Å². The molecule has 1 atom stereocenters. The molecule has 2 rings (SSSR count). The van der Waals surface area contributed by atoms with Gasteiger partial charge in [0.05, 0.1) is 13.7 Å². The zero-order chi connectivity index (χ0) is 13.0. The molecular weight excluding hydrogens is 236 g/mol. The Kier molecular flexibility index (Phi) is 4.04. The molecule has 0 aromatic heterocycles. The van der Waals surface area contributed by atoms with E-state index in [-0.39, 0.29) is 11.7 Å². The Bertz CT molecular complexity index is 423. The summed E-state index contributed by atoms with van der Waals surface area (Å²) in [4.78, 5) is 11.1. The SMILES string of the molecule is COc1ccc(C(=O)O)c(OC2CCCOC2)c1. The van der Waals surface area contributed by atoms with Gasteiger partial charge in [0.2, 0.25) is 0 Å². The summed E-state index contributed by atoms with van der Waals surface area (Å²) in [5.41, 5.74) is 0.140. The average Bonchev–Trinajstić information content (AvgIpc) is 2.39. The lowest BCUT2D eigenvalue weighted by atomic mass is 10.1. The Hall–Kier alpha value is -1.75. The Morgan fingerprint density at radius 1 is 1.50 bits per heavy atom. The number of aromatic carboxylic acids is 1. The second kappa shape index (κ2) is 5.73. The Morgan fingerprint density at radius 2 is 2.33 bits per heavy atom. The number of carbonyl (C=O) groups is 1. The van der Waals surface area contributed by atoms with Gasteiger partial charge < -0.3 is 19.3 Å². The Morgan fingerprint density at radius 3 is 2.94 bits per heavy atom. The van der Waals surface area contributed by atoms with Crippen LogP contribution in [0.1, 0.15) is 23.2 Å². The van der Waals surface area contributed by atoms with E-state index in [4.69, 9.17) is 19.3 Å². The summed E-state index contributed by atoms with van der Waals surface area (Å²) < 4.78 is 16.1. The van der Waals surface area contributed by atoms with Crippen LogP contribution in [0.15, 0.2) is 18.2 Å². The van der Waals surface area contributed by atoms with Crippen LogP contribution < -0.4 is 9.47 Å². The molecule has 0 spiro atoms. The molecule has 5 nitrogen and oxygen atoms in total. The molecule has 1 unspecified atom stereocenters. The van der Waals surface area contributed by atoms with Gasteiger partial charge in [-0.2, -0.15) is 0 Å². The van der Waals surface area contributed by atoms with Crippen molar-refractivity contribution in [2.45, 2.75) is 18.9 Å². The smallest absolute Gasteiger partial charge is 0.339 e. The largest absolute Gasteiger partial charge is 0.497 e. The molecule has 1 aliphatic rings. The average molecular weight is 252 g/mol. The summed E-state index contributed by atoms with van der Waals surface area (Å²) in [7, 11) is 1.53. The van der Waals surface area contributed by atoms with Gasteiger partial charge in [0.25, 0.3) is 0 Å². The van der Waals surface area contributed by atoms with E-state index in [1.165, 1.54) is 13.2 Å². The maximum Gasteiger partial charge on any atom is 0.339 e. The van der Waals surface area contributed by atoms with Crippen LogP contribution in [0.4, 0.5) is 0 Å². The van der Waals surface area contributed by atoms with Crippen molar-refractivity contribution in [1.82, 2.24) is 0 Å². The van der Waals surface area contributed by atoms with Crippen LogP contribution in [0.5, 0.6) is 11.5 Å². The lowest BCUT2D eigenvalue weighted by Gasteiger charge is -2.24. The van der Waals surface area contributed by atoms with Gasteiger partial charge in [0.15, 0.2) is 0 Å². The molecule has 1 saturated heterocycles. The molecule has 0 amide bonds. The third kappa shape index (κ3) is 2.92. The van der Waals surface area contributed by atoms with Crippen LogP contribution in [-0.4, -0.2) is 37.5 Å². The van der Waals surface area contributed by atoms with Gasteiger partial charge in [-0.25, -0.2) is 4.79 Å². The fraction of sp³-hybridized carbons (Fsp3) is 0.462. The van der Waals surface area contributed by atoms with Gasteiger partial charge in [-0.05, 0) is 25.0 Å². The van der Waals surface area contributed by atoms with E-state index in [9.17, 15) is 4.79 Å². The predicted octanol–water partition coefficient (Wildman–Crippen LogP) is 1.95. The van der Waals surface area contributed by atoms with Gasteiger partial charge in [-0.3, -0.25) is 0 Å². The van der Waals surface area contributed by atoms with Crippen molar-refractivity contribution in [3.63, 3.8) is 0 Å². The first-order valence-corrected chi connectivity index (χ1v) is 5.86. The van der Waals surface area contributed by atoms with Crippen LogP contribution in [0.2, 0.25) is 0 Å². The van der Waals surface area contributed by atoms with Crippen LogP contribution >= 0.6 is 0 Å². The minimum absolute atomic E-state index is 0.0936. The number of carboxylic acid groups (broad SMARTS) is 1. The molecule has 0 saturated carbocycles. The van der Waals surface area contributed by atoms with Crippen molar-refractivity contribution in [2.75, 3.05) is 20.3 Å². The van der Waals surface area contributed by atoms with Gasteiger partial charge in [0.1, 0.15) is 23.2 Å². The third-order valence-corrected chi connectivity index (χ3v) is 2.83. The summed E-state index contributed by atoms with van der Waals surface area (Å²) in [6.45, 7) is 1.24. The van der Waals surface area contributed by atoms with E-state index >= 15 is 0 Å². The number of rotatable bonds is 4. The summed E-state index contributed by atoms with van der Waals surface area (Å²) in [6, 6.07) is 4.69. The number of benzene rings is 1. The van der Waals surface area contributed by atoms with Gasteiger partial charge in [-0.1, -0.05) is 0 Å². The number of hydrogen-bond donors (Lipinski definition) is 1. The van der Waals surface area contributed by atoms with E-state index < -0.39 is 5.97 Å². The normalized spacial score (nSPS) is 19.3.